The van der Waals surface area contributed by atoms with Crippen LogP contribution in [-0.4, -0.2) is 39.0 Å². The summed E-state index contributed by atoms with van der Waals surface area (Å²) in [6.07, 6.45) is 3.91. The van der Waals surface area contributed by atoms with Crippen LogP contribution in [0.1, 0.15) is 24.6 Å². The molecule has 140 valence electrons. The number of hydrogen-bond donors (Lipinski definition) is 3. The molecule has 2 amide bonds. The summed E-state index contributed by atoms with van der Waals surface area (Å²) >= 11 is 0. The first kappa shape index (κ1) is 18.4. The average molecular weight is 378 g/mol. The number of nitrogens with two attached hydrogens (primary N) is 1. The summed E-state index contributed by atoms with van der Waals surface area (Å²) in [6, 6.07) is 9.04. The zero-order valence-corrected chi connectivity index (χ0v) is 15.0. The average Bonchev–Trinajstić information content (AvgIpc) is 3.29. The standard InChI is InChI=1S/C17H22N4O4S/c18-26(23,24)14-7-5-13(6-8-14)20-17(22)19-12-15(16-4-3-11-25-16)21-9-1-2-10-21/h3-8,11,15H,1-2,9-10,12H2,(H2,18,23,24)(H2,19,20,22). The van der Waals surface area contributed by atoms with Crippen LogP contribution in [0.2, 0.25) is 0 Å². The predicted molar refractivity (Wildman–Crippen MR) is 97.1 cm³/mol. The lowest BCUT2D eigenvalue weighted by Gasteiger charge is -2.26. The maximum atomic E-state index is 12.2. The second-order valence-corrected chi connectivity index (χ2v) is 7.74. The minimum absolute atomic E-state index is 0.00428. The van der Waals surface area contributed by atoms with Gasteiger partial charge < -0.3 is 15.1 Å². The van der Waals surface area contributed by atoms with Gasteiger partial charge in [0.25, 0.3) is 0 Å². The number of primary sulfonamides is 1. The molecule has 1 unspecified atom stereocenters. The summed E-state index contributed by atoms with van der Waals surface area (Å²) in [4.78, 5) is 14.5. The number of likely N-dealkylation sites (tertiary alicyclic amines) is 1. The molecule has 2 heterocycles. The Morgan fingerprint density at radius 2 is 1.88 bits per heavy atom. The smallest absolute Gasteiger partial charge is 0.319 e. The number of rotatable bonds is 6. The molecule has 1 fully saturated rings. The molecule has 1 aliphatic rings. The first-order valence-electron chi connectivity index (χ1n) is 8.38. The van der Waals surface area contributed by atoms with Crippen molar-refractivity contribution in [2.45, 2.75) is 23.8 Å². The van der Waals surface area contributed by atoms with Crippen LogP contribution in [0.15, 0.2) is 52.0 Å². The van der Waals surface area contributed by atoms with Crippen LogP contribution in [0.25, 0.3) is 0 Å². The molecule has 0 radical (unpaired) electrons. The summed E-state index contributed by atoms with van der Waals surface area (Å²) in [7, 11) is -3.75. The molecule has 0 aliphatic carbocycles. The highest BCUT2D eigenvalue weighted by atomic mass is 32.2. The fraction of sp³-hybridized carbons (Fsp3) is 0.353. The number of sulfonamides is 1. The van der Waals surface area contributed by atoms with Gasteiger partial charge in [-0.05, 0) is 62.3 Å². The van der Waals surface area contributed by atoms with E-state index in [0.29, 0.717) is 12.2 Å². The van der Waals surface area contributed by atoms with Gasteiger partial charge >= 0.3 is 6.03 Å². The number of benzene rings is 1. The van der Waals surface area contributed by atoms with Crippen molar-refractivity contribution in [3.8, 4) is 0 Å². The summed E-state index contributed by atoms with van der Waals surface area (Å²) in [5.74, 6) is 0.824. The third-order valence-corrected chi connectivity index (χ3v) is 5.28. The molecule has 8 nitrogen and oxygen atoms in total. The van der Waals surface area contributed by atoms with E-state index in [1.807, 2.05) is 12.1 Å². The Morgan fingerprint density at radius 1 is 1.19 bits per heavy atom. The van der Waals surface area contributed by atoms with Gasteiger partial charge in [0.2, 0.25) is 10.0 Å². The van der Waals surface area contributed by atoms with Gasteiger partial charge in [-0.2, -0.15) is 0 Å². The van der Waals surface area contributed by atoms with Gasteiger partial charge in [0.15, 0.2) is 0 Å². The monoisotopic (exact) mass is 378 g/mol. The summed E-state index contributed by atoms with van der Waals surface area (Å²) in [5.41, 5.74) is 0.477. The van der Waals surface area contributed by atoms with E-state index < -0.39 is 10.0 Å². The highest BCUT2D eigenvalue weighted by molar-refractivity contribution is 7.89. The van der Waals surface area contributed by atoms with Gasteiger partial charge in [0.1, 0.15) is 5.76 Å². The molecule has 1 aliphatic heterocycles. The van der Waals surface area contributed by atoms with E-state index in [4.69, 9.17) is 9.56 Å². The number of urea groups is 1. The molecule has 1 aromatic carbocycles. The topological polar surface area (TPSA) is 118 Å². The first-order chi connectivity index (χ1) is 12.4. The van der Waals surface area contributed by atoms with E-state index in [9.17, 15) is 13.2 Å². The summed E-state index contributed by atoms with van der Waals surface area (Å²) < 4.78 is 28.0. The molecule has 3 rings (SSSR count). The Labute approximate surface area is 152 Å². The van der Waals surface area contributed by atoms with Crippen molar-refractivity contribution in [3.05, 3.63) is 48.4 Å². The van der Waals surface area contributed by atoms with Gasteiger partial charge in [-0.25, -0.2) is 18.4 Å². The van der Waals surface area contributed by atoms with Crippen LogP contribution < -0.4 is 15.8 Å². The lowest BCUT2D eigenvalue weighted by Crippen LogP contribution is -2.38. The number of nitrogens with one attached hydrogen (secondary N) is 2. The van der Waals surface area contributed by atoms with Gasteiger partial charge in [-0.15, -0.1) is 0 Å². The zero-order valence-electron chi connectivity index (χ0n) is 14.2. The Hall–Kier alpha value is -2.36. The van der Waals surface area contributed by atoms with Crippen LogP contribution in [-0.2, 0) is 10.0 Å². The van der Waals surface area contributed by atoms with E-state index >= 15 is 0 Å². The lowest BCUT2D eigenvalue weighted by atomic mass is 10.2. The summed E-state index contributed by atoms with van der Waals surface area (Å²) in [6.45, 7) is 2.36. The quantitative estimate of drug-likeness (QED) is 0.709. The van der Waals surface area contributed by atoms with Gasteiger partial charge in [-0.1, -0.05) is 0 Å². The SMILES string of the molecule is NS(=O)(=O)c1ccc(NC(=O)NCC(c2ccco2)N2CCCC2)cc1. The molecule has 0 bridgehead atoms. The Kier molecular flexibility index (Phi) is 5.60. The Bertz CT molecular complexity index is 828. The molecule has 0 saturated carbocycles. The number of carbonyl (C=O) groups is 1. The lowest BCUT2D eigenvalue weighted by molar-refractivity contribution is 0.207. The largest absolute Gasteiger partial charge is 0.468 e. The predicted octanol–water partition coefficient (Wildman–Crippen LogP) is 1.89. The van der Waals surface area contributed by atoms with Crippen LogP contribution in [0.4, 0.5) is 10.5 Å². The van der Waals surface area contributed by atoms with Crippen molar-refractivity contribution >= 4 is 21.7 Å². The fourth-order valence-electron chi connectivity index (χ4n) is 3.04. The van der Waals surface area contributed by atoms with Gasteiger partial charge in [0, 0.05) is 12.2 Å². The van der Waals surface area contributed by atoms with E-state index in [0.717, 1.165) is 31.7 Å². The van der Waals surface area contributed by atoms with E-state index in [2.05, 4.69) is 15.5 Å². The van der Waals surface area contributed by atoms with Gasteiger partial charge in [0.05, 0.1) is 17.2 Å². The van der Waals surface area contributed by atoms with E-state index in [1.54, 1.807) is 6.26 Å². The minimum Gasteiger partial charge on any atom is -0.468 e. The van der Waals surface area contributed by atoms with Crippen molar-refractivity contribution in [2.24, 2.45) is 5.14 Å². The molecule has 9 heteroatoms. The van der Waals surface area contributed by atoms with Crippen LogP contribution in [0.5, 0.6) is 0 Å². The Balaban J connectivity index is 1.58. The second-order valence-electron chi connectivity index (χ2n) is 6.18. The van der Waals surface area contributed by atoms with Crippen LogP contribution in [0, 0.1) is 0 Å². The van der Waals surface area contributed by atoms with Crippen molar-refractivity contribution in [1.29, 1.82) is 0 Å². The molecule has 0 spiro atoms. The third kappa shape index (κ3) is 4.63. The maximum absolute atomic E-state index is 12.2. The highest BCUT2D eigenvalue weighted by Crippen LogP contribution is 2.24. The normalized spacial score (nSPS) is 16.3. The minimum atomic E-state index is -3.75. The number of anilines is 1. The molecule has 1 saturated heterocycles. The number of nitrogens with zero attached hydrogens (tertiary/aromatic N) is 1. The fourth-order valence-corrected chi connectivity index (χ4v) is 3.55. The van der Waals surface area contributed by atoms with E-state index in [-0.39, 0.29) is 17.0 Å². The first-order valence-corrected chi connectivity index (χ1v) is 9.93. The van der Waals surface area contributed by atoms with Crippen LogP contribution >= 0.6 is 0 Å². The van der Waals surface area contributed by atoms with Crippen molar-refractivity contribution < 1.29 is 17.6 Å². The van der Waals surface area contributed by atoms with Crippen molar-refractivity contribution in [3.63, 3.8) is 0 Å². The van der Waals surface area contributed by atoms with Crippen molar-refractivity contribution in [2.75, 3.05) is 25.0 Å². The molecule has 1 aromatic heterocycles. The second kappa shape index (κ2) is 7.90. The zero-order chi connectivity index (χ0) is 18.6. The van der Waals surface area contributed by atoms with Crippen molar-refractivity contribution in [1.82, 2.24) is 10.2 Å². The number of carbonyl (C=O) groups excluding carboxylic acids is 1. The number of hydrogen-bond acceptors (Lipinski definition) is 5. The van der Waals surface area contributed by atoms with E-state index in [1.165, 1.54) is 24.3 Å². The van der Waals surface area contributed by atoms with Gasteiger partial charge in [-0.3, -0.25) is 4.90 Å². The summed E-state index contributed by atoms with van der Waals surface area (Å²) in [5, 5.41) is 10.6. The molecule has 26 heavy (non-hydrogen) atoms. The molecular formula is C17H22N4O4S. The van der Waals surface area contributed by atoms with Crippen LogP contribution in [0.3, 0.4) is 0 Å². The molecule has 4 N–H and O–H groups in total. The highest BCUT2D eigenvalue weighted by Gasteiger charge is 2.25. The maximum Gasteiger partial charge on any atom is 0.319 e. The molecule has 2 aromatic rings. The molecular weight excluding hydrogens is 356 g/mol. The Morgan fingerprint density at radius 3 is 2.46 bits per heavy atom. The molecule has 1 atom stereocenters. The number of furan rings is 1. The number of amides is 2. The third-order valence-electron chi connectivity index (χ3n) is 4.35.